The Hall–Kier alpha value is -1.94. The van der Waals surface area contributed by atoms with Crippen LogP contribution in [0.25, 0.3) is 0 Å². The van der Waals surface area contributed by atoms with Gasteiger partial charge in [-0.1, -0.05) is 24.3 Å². The Balaban J connectivity index is 1.85. The number of rotatable bonds is 3. The summed E-state index contributed by atoms with van der Waals surface area (Å²) in [5, 5.41) is 0. The summed E-state index contributed by atoms with van der Waals surface area (Å²) < 4.78 is 10.9. The smallest absolute Gasteiger partial charge is 0.279 e. The van der Waals surface area contributed by atoms with Crippen molar-refractivity contribution in [3.63, 3.8) is 0 Å². The van der Waals surface area contributed by atoms with Crippen LogP contribution in [0.3, 0.4) is 0 Å². The summed E-state index contributed by atoms with van der Waals surface area (Å²) in [6.07, 6.45) is 3.98. The average molecular weight is 244 g/mol. The zero-order chi connectivity index (χ0) is 12.8. The number of Topliss-reactive ketones (excluding diaryl/α,β-unsaturated/α-hetero) is 1. The van der Waals surface area contributed by atoms with Gasteiger partial charge in [0.05, 0.1) is 12.2 Å². The molecule has 3 rings (SSSR count). The first-order valence-corrected chi connectivity index (χ1v) is 5.76. The molecule has 3 atom stereocenters. The van der Waals surface area contributed by atoms with E-state index in [0.29, 0.717) is 5.56 Å². The van der Waals surface area contributed by atoms with E-state index in [1.807, 2.05) is 18.2 Å². The van der Waals surface area contributed by atoms with E-state index < -0.39 is 5.79 Å². The molecule has 0 unspecified atom stereocenters. The lowest BCUT2D eigenvalue weighted by Crippen LogP contribution is -2.58. The average Bonchev–Trinajstić information content (AvgIpc) is 2.69. The maximum absolute atomic E-state index is 11.6. The number of ether oxygens (including phenoxy) is 2. The Labute approximate surface area is 104 Å². The Morgan fingerprint density at radius 1 is 1.33 bits per heavy atom. The van der Waals surface area contributed by atoms with Crippen LogP contribution >= 0.6 is 0 Å². The monoisotopic (exact) mass is 244 g/mol. The summed E-state index contributed by atoms with van der Waals surface area (Å²) >= 11 is 0. The third-order valence-electron chi connectivity index (χ3n) is 3.49. The van der Waals surface area contributed by atoms with Crippen molar-refractivity contribution in [1.29, 1.82) is 0 Å². The number of hydrogen-bond acceptors (Lipinski definition) is 4. The number of carbonyl (C=O) groups is 2. The molecule has 0 bridgehead atoms. The van der Waals surface area contributed by atoms with E-state index in [2.05, 4.69) is 0 Å². The third kappa shape index (κ3) is 1.36. The minimum atomic E-state index is -1.12. The summed E-state index contributed by atoms with van der Waals surface area (Å²) in [7, 11) is 0. The molecule has 18 heavy (non-hydrogen) atoms. The molecule has 0 saturated carbocycles. The van der Waals surface area contributed by atoms with Crippen molar-refractivity contribution in [2.75, 3.05) is 0 Å². The van der Waals surface area contributed by atoms with Gasteiger partial charge in [-0.25, -0.2) is 0 Å². The topological polar surface area (TPSA) is 52.6 Å². The highest BCUT2D eigenvalue weighted by Gasteiger charge is 2.62. The number of aldehydes is 1. The van der Waals surface area contributed by atoms with Gasteiger partial charge in [0, 0.05) is 12.5 Å². The number of carbonyl (C=O) groups excluding carboxylic acids is 2. The predicted octanol–water partition coefficient (Wildman–Crippen LogP) is 2.02. The zero-order valence-corrected chi connectivity index (χ0v) is 9.83. The number of benzene rings is 1. The van der Waals surface area contributed by atoms with Crippen LogP contribution in [0.1, 0.15) is 28.9 Å². The number of ketones is 1. The summed E-state index contributed by atoms with van der Waals surface area (Å²) in [5.41, 5.74) is 1.56. The Morgan fingerprint density at radius 3 is 2.67 bits per heavy atom. The molecule has 0 radical (unpaired) electrons. The zero-order valence-electron chi connectivity index (χ0n) is 9.83. The lowest BCUT2D eigenvalue weighted by Gasteiger charge is -2.47. The van der Waals surface area contributed by atoms with Crippen LogP contribution in [0.2, 0.25) is 0 Å². The molecule has 0 N–H and O–H groups in total. The fraction of sp³-hybridized carbons (Fsp3) is 0.286. The molecule has 2 aliphatic heterocycles. The summed E-state index contributed by atoms with van der Waals surface area (Å²) in [6.45, 7) is 1.46. The van der Waals surface area contributed by atoms with Gasteiger partial charge in [0.2, 0.25) is 5.78 Å². The lowest BCUT2D eigenvalue weighted by atomic mass is 9.81. The molecule has 0 aliphatic carbocycles. The van der Waals surface area contributed by atoms with E-state index in [1.54, 1.807) is 12.1 Å². The van der Waals surface area contributed by atoms with E-state index >= 15 is 0 Å². The van der Waals surface area contributed by atoms with Crippen molar-refractivity contribution in [3.05, 3.63) is 47.7 Å². The number of fused-ring (bicyclic) bond motifs is 1. The standard InChI is InChI=1S/C14H12O4/c1-9(16)14-12(6-7-17-14)13(18-14)11-4-2-10(8-15)3-5-11/h2-8,12-13H,1H3/t12-,13-,14+/m0/s1. The summed E-state index contributed by atoms with van der Waals surface area (Å²) in [6, 6.07) is 7.15. The van der Waals surface area contributed by atoms with Crippen LogP contribution in [0.5, 0.6) is 0 Å². The molecule has 2 aliphatic rings. The minimum absolute atomic E-state index is 0.0860. The SMILES string of the molecule is CC(=O)[C@]12OC=C[C@H]1[C@H](c1ccc(C=O)cc1)O2. The Morgan fingerprint density at radius 2 is 2.06 bits per heavy atom. The fourth-order valence-corrected chi connectivity index (χ4v) is 2.47. The van der Waals surface area contributed by atoms with Gasteiger partial charge in [0.25, 0.3) is 5.79 Å². The third-order valence-corrected chi connectivity index (χ3v) is 3.49. The van der Waals surface area contributed by atoms with Crippen LogP contribution < -0.4 is 0 Å². The van der Waals surface area contributed by atoms with Gasteiger partial charge in [0.15, 0.2) is 0 Å². The van der Waals surface area contributed by atoms with Crippen LogP contribution in [0.4, 0.5) is 0 Å². The van der Waals surface area contributed by atoms with E-state index in [9.17, 15) is 9.59 Å². The molecule has 1 saturated heterocycles. The number of hydrogen-bond donors (Lipinski definition) is 0. The molecule has 0 aromatic heterocycles. The second-order valence-corrected chi connectivity index (χ2v) is 4.52. The molecule has 92 valence electrons. The van der Waals surface area contributed by atoms with Crippen LogP contribution in [-0.4, -0.2) is 17.9 Å². The molecule has 1 aromatic rings. The quantitative estimate of drug-likeness (QED) is 0.763. The van der Waals surface area contributed by atoms with E-state index in [4.69, 9.17) is 9.47 Å². The minimum Gasteiger partial charge on any atom is -0.462 e. The second-order valence-electron chi connectivity index (χ2n) is 4.52. The Kier molecular flexibility index (Phi) is 2.35. The predicted molar refractivity (Wildman–Crippen MR) is 62.8 cm³/mol. The van der Waals surface area contributed by atoms with Crippen molar-refractivity contribution < 1.29 is 19.1 Å². The summed E-state index contributed by atoms with van der Waals surface area (Å²) in [4.78, 5) is 22.2. The highest BCUT2D eigenvalue weighted by molar-refractivity contribution is 5.86. The van der Waals surface area contributed by atoms with Crippen molar-refractivity contribution in [2.24, 2.45) is 5.92 Å². The molecule has 2 heterocycles. The van der Waals surface area contributed by atoms with Crippen molar-refractivity contribution in [3.8, 4) is 0 Å². The molecule has 4 nitrogen and oxygen atoms in total. The molecular weight excluding hydrogens is 232 g/mol. The molecule has 0 amide bonds. The molecule has 4 heteroatoms. The van der Waals surface area contributed by atoms with Gasteiger partial charge < -0.3 is 9.47 Å². The van der Waals surface area contributed by atoms with Crippen molar-refractivity contribution >= 4 is 12.1 Å². The van der Waals surface area contributed by atoms with E-state index in [-0.39, 0.29) is 17.8 Å². The van der Waals surface area contributed by atoms with E-state index in [1.165, 1.54) is 13.2 Å². The fourth-order valence-electron chi connectivity index (χ4n) is 2.47. The summed E-state index contributed by atoms with van der Waals surface area (Å²) in [5.74, 6) is -1.33. The maximum atomic E-state index is 11.6. The maximum Gasteiger partial charge on any atom is 0.279 e. The van der Waals surface area contributed by atoms with Crippen LogP contribution in [-0.2, 0) is 14.3 Å². The van der Waals surface area contributed by atoms with Gasteiger partial charge in [-0.2, -0.15) is 0 Å². The van der Waals surface area contributed by atoms with Crippen molar-refractivity contribution in [1.82, 2.24) is 0 Å². The van der Waals surface area contributed by atoms with Crippen molar-refractivity contribution in [2.45, 2.75) is 18.8 Å². The molecule has 1 aromatic carbocycles. The first-order valence-electron chi connectivity index (χ1n) is 5.76. The Bertz CT molecular complexity index is 531. The highest BCUT2D eigenvalue weighted by atomic mass is 16.7. The van der Waals surface area contributed by atoms with Gasteiger partial charge in [-0.05, 0) is 11.6 Å². The second kappa shape index (κ2) is 3.78. The lowest BCUT2D eigenvalue weighted by molar-refractivity contribution is -0.320. The largest absolute Gasteiger partial charge is 0.462 e. The first kappa shape index (κ1) is 11.2. The normalized spacial score (nSPS) is 32.3. The van der Waals surface area contributed by atoms with Gasteiger partial charge in [0.1, 0.15) is 12.4 Å². The molecule has 1 fully saturated rings. The van der Waals surface area contributed by atoms with Gasteiger partial charge >= 0.3 is 0 Å². The van der Waals surface area contributed by atoms with Gasteiger partial charge in [-0.3, -0.25) is 9.59 Å². The van der Waals surface area contributed by atoms with Crippen LogP contribution in [0.15, 0.2) is 36.6 Å². The van der Waals surface area contributed by atoms with Crippen LogP contribution in [0, 0.1) is 5.92 Å². The first-order chi connectivity index (χ1) is 8.67. The van der Waals surface area contributed by atoms with E-state index in [0.717, 1.165) is 11.8 Å². The highest BCUT2D eigenvalue weighted by Crippen LogP contribution is 2.53. The molecular formula is C14H12O4. The van der Waals surface area contributed by atoms with Gasteiger partial charge in [-0.15, -0.1) is 0 Å². The molecule has 0 spiro atoms.